The number of hydrogen-bond acceptors (Lipinski definition) is 3. The first kappa shape index (κ1) is 16.3. The molecule has 0 spiro atoms. The zero-order chi connectivity index (χ0) is 15.4. The van der Waals surface area contributed by atoms with Gasteiger partial charge in [0.05, 0.1) is 6.10 Å². The van der Waals surface area contributed by atoms with E-state index >= 15 is 0 Å². The Labute approximate surface area is 127 Å². The molecule has 2 fully saturated rings. The Morgan fingerprint density at radius 3 is 2.38 bits per heavy atom. The molecule has 0 aromatic rings. The predicted octanol–water partition coefficient (Wildman–Crippen LogP) is 1.25. The molecule has 0 aromatic heterocycles. The molecule has 1 unspecified atom stereocenters. The number of aliphatic hydroxyl groups is 1. The summed E-state index contributed by atoms with van der Waals surface area (Å²) in [5.74, 6) is 0.735. The topological polar surface area (TPSA) is 60.9 Å². The average Bonchev–Trinajstić information content (AvgIpc) is 3.31. The van der Waals surface area contributed by atoms with Gasteiger partial charge in [-0.3, -0.25) is 9.59 Å². The van der Waals surface area contributed by atoms with Gasteiger partial charge in [0, 0.05) is 39.0 Å². The molecular formula is C16H28N2O3. The monoisotopic (exact) mass is 296 g/mol. The van der Waals surface area contributed by atoms with Crippen LogP contribution in [0.5, 0.6) is 0 Å². The van der Waals surface area contributed by atoms with Crippen LogP contribution in [-0.2, 0) is 9.59 Å². The first-order valence-electron chi connectivity index (χ1n) is 8.23. The maximum atomic E-state index is 12.4. The molecular weight excluding hydrogens is 268 g/mol. The number of likely N-dealkylation sites (tertiary alicyclic amines) is 1. The highest BCUT2D eigenvalue weighted by Crippen LogP contribution is 2.33. The fourth-order valence-electron chi connectivity index (χ4n) is 3.06. The maximum Gasteiger partial charge on any atom is 0.225 e. The van der Waals surface area contributed by atoms with Gasteiger partial charge < -0.3 is 14.9 Å². The van der Waals surface area contributed by atoms with E-state index in [0.717, 1.165) is 32.1 Å². The van der Waals surface area contributed by atoms with Gasteiger partial charge in [0.15, 0.2) is 0 Å². The van der Waals surface area contributed by atoms with Gasteiger partial charge in [0.25, 0.3) is 0 Å². The minimum absolute atomic E-state index is 0.00656. The molecule has 5 nitrogen and oxygen atoms in total. The Kier molecular flexibility index (Phi) is 5.62. The molecule has 21 heavy (non-hydrogen) atoms. The first-order chi connectivity index (χ1) is 10.0. The highest BCUT2D eigenvalue weighted by atomic mass is 16.3. The van der Waals surface area contributed by atoms with Crippen molar-refractivity contribution >= 4 is 11.8 Å². The number of nitrogens with zero attached hydrogens (tertiary/aromatic N) is 2. The van der Waals surface area contributed by atoms with Gasteiger partial charge in [0.2, 0.25) is 11.8 Å². The standard InChI is InChI=1S/C16H28N2O3/c1-3-4-15(20)18-9-7-13(8-10-18)16(21)17(2)11-14(19)12-5-6-12/h12-14,19H,3-11H2,1-2H3. The van der Waals surface area contributed by atoms with Gasteiger partial charge in [0.1, 0.15) is 0 Å². The number of likely N-dealkylation sites (N-methyl/N-ethyl adjacent to an activating group) is 1. The number of carbonyl (C=O) groups excluding carboxylic acids is 2. The molecule has 0 aromatic carbocycles. The van der Waals surface area contributed by atoms with Gasteiger partial charge in [-0.1, -0.05) is 6.92 Å². The SMILES string of the molecule is CCCC(=O)N1CCC(C(=O)N(C)CC(O)C2CC2)CC1. The third kappa shape index (κ3) is 4.43. The van der Waals surface area contributed by atoms with E-state index in [9.17, 15) is 14.7 Å². The number of aliphatic hydroxyl groups excluding tert-OH is 1. The molecule has 1 saturated heterocycles. The summed E-state index contributed by atoms with van der Waals surface area (Å²) >= 11 is 0. The van der Waals surface area contributed by atoms with Crippen molar-refractivity contribution in [3.8, 4) is 0 Å². The molecule has 0 radical (unpaired) electrons. The van der Waals surface area contributed by atoms with E-state index in [-0.39, 0.29) is 23.8 Å². The smallest absolute Gasteiger partial charge is 0.225 e. The summed E-state index contributed by atoms with van der Waals surface area (Å²) in [5, 5.41) is 9.93. The third-order valence-corrected chi connectivity index (χ3v) is 4.66. The Morgan fingerprint density at radius 2 is 1.86 bits per heavy atom. The van der Waals surface area contributed by atoms with Gasteiger partial charge >= 0.3 is 0 Å². The normalized spacial score (nSPS) is 21.2. The number of carbonyl (C=O) groups is 2. The summed E-state index contributed by atoms with van der Waals surface area (Å²) < 4.78 is 0. The molecule has 1 saturated carbocycles. The molecule has 0 bridgehead atoms. The lowest BCUT2D eigenvalue weighted by Crippen LogP contribution is -2.45. The van der Waals surface area contributed by atoms with Crippen LogP contribution in [0.1, 0.15) is 45.4 Å². The van der Waals surface area contributed by atoms with E-state index < -0.39 is 0 Å². The van der Waals surface area contributed by atoms with Crippen LogP contribution in [0.15, 0.2) is 0 Å². The van der Waals surface area contributed by atoms with Crippen LogP contribution >= 0.6 is 0 Å². The summed E-state index contributed by atoms with van der Waals surface area (Å²) in [5.41, 5.74) is 0. The van der Waals surface area contributed by atoms with Crippen molar-refractivity contribution < 1.29 is 14.7 Å². The summed E-state index contributed by atoms with van der Waals surface area (Å²) in [6.07, 6.45) is 4.77. The minimum atomic E-state index is -0.370. The number of amides is 2. The molecule has 2 aliphatic rings. The average molecular weight is 296 g/mol. The zero-order valence-electron chi connectivity index (χ0n) is 13.3. The molecule has 2 rings (SSSR count). The van der Waals surface area contributed by atoms with Crippen LogP contribution in [-0.4, -0.2) is 59.5 Å². The molecule has 1 atom stereocenters. The van der Waals surface area contributed by atoms with Gasteiger partial charge in [-0.2, -0.15) is 0 Å². The molecule has 1 aliphatic carbocycles. The lowest BCUT2D eigenvalue weighted by molar-refractivity contribution is -0.140. The van der Waals surface area contributed by atoms with E-state index in [1.54, 1.807) is 11.9 Å². The summed E-state index contributed by atoms with van der Waals surface area (Å²) in [6.45, 7) is 3.83. The summed E-state index contributed by atoms with van der Waals surface area (Å²) in [4.78, 5) is 27.8. The minimum Gasteiger partial charge on any atom is -0.391 e. The molecule has 5 heteroatoms. The van der Waals surface area contributed by atoms with E-state index in [1.165, 1.54) is 0 Å². The predicted molar refractivity (Wildman–Crippen MR) is 80.6 cm³/mol. The van der Waals surface area contributed by atoms with E-state index in [4.69, 9.17) is 0 Å². The number of rotatable bonds is 6. The molecule has 120 valence electrons. The van der Waals surface area contributed by atoms with E-state index in [1.807, 2.05) is 11.8 Å². The van der Waals surface area contributed by atoms with Gasteiger partial charge in [-0.25, -0.2) is 0 Å². The highest BCUT2D eigenvalue weighted by molar-refractivity contribution is 5.80. The van der Waals surface area contributed by atoms with Crippen molar-refractivity contribution in [3.63, 3.8) is 0 Å². The van der Waals surface area contributed by atoms with Crippen molar-refractivity contribution in [1.82, 2.24) is 9.80 Å². The zero-order valence-corrected chi connectivity index (χ0v) is 13.3. The van der Waals surface area contributed by atoms with Crippen LogP contribution in [0, 0.1) is 11.8 Å². The van der Waals surface area contributed by atoms with Crippen molar-refractivity contribution in [2.75, 3.05) is 26.7 Å². The van der Waals surface area contributed by atoms with Crippen molar-refractivity contribution in [2.24, 2.45) is 11.8 Å². The van der Waals surface area contributed by atoms with Crippen LogP contribution in [0.25, 0.3) is 0 Å². The quantitative estimate of drug-likeness (QED) is 0.802. The molecule has 2 amide bonds. The third-order valence-electron chi connectivity index (χ3n) is 4.66. The Hall–Kier alpha value is -1.10. The second-order valence-electron chi connectivity index (χ2n) is 6.53. The van der Waals surface area contributed by atoms with Crippen LogP contribution in [0.4, 0.5) is 0 Å². The second-order valence-corrected chi connectivity index (χ2v) is 6.53. The lowest BCUT2D eigenvalue weighted by atomic mass is 9.95. The highest BCUT2D eigenvalue weighted by Gasteiger charge is 2.33. The van der Waals surface area contributed by atoms with E-state index in [2.05, 4.69) is 0 Å². The fraction of sp³-hybridized carbons (Fsp3) is 0.875. The summed E-state index contributed by atoms with van der Waals surface area (Å²) in [6, 6.07) is 0. The van der Waals surface area contributed by atoms with Crippen LogP contribution in [0.3, 0.4) is 0 Å². The Morgan fingerprint density at radius 1 is 1.24 bits per heavy atom. The molecule has 1 aliphatic heterocycles. The Balaban J connectivity index is 1.75. The van der Waals surface area contributed by atoms with Gasteiger partial charge in [-0.05, 0) is 38.0 Å². The Bertz CT molecular complexity index is 374. The van der Waals surface area contributed by atoms with Crippen molar-refractivity contribution in [3.05, 3.63) is 0 Å². The first-order valence-corrected chi connectivity index (χ1v) is 8.23. The van der Waals surface area contributed by atoms with Crippen LogP contribution in [0.2, 0.25) is 0 Å². The number of hydrogen-bond donors (Lipinski definition) is 1. The lowest BCUT2D eigenvalue weighted by Gasteiger charge is -2.33. The van der Waals surface area contributed by atoms with Crippen molar-refractivity contribution in [1.29, 1.82) is 0 Å². The maximum absolute atomic E-state index is 12.4. The fourth-order valence-corrected chi connectivity index (χ4v) is 3.06. The van der Waals surface area contributed by atoms with Gasteiger partial charge in [-0.15, -0.1) is 0 Å². The van der Waals surface area contributed by atoms with Crippen LogP contribution < -0.4 is 0 Å². The number of piperidine rings is 1. The second kappa shape index (κ2) is 7.25. The summed E-state index contributed by atoms with van der Waals surface area (Å²) in [7, 11) is 1.78. The van der Waals surface area contributed by atoms with Crippen molar-refractivity contribution in [2.45, 2.75) is 51.6 Å². The molecule has 1 heterocycles. The molecule has 1 N–H and O–H groups in total. The largest absolute Gasteiger partial charge is 0.391 e. The van der Waals surface area contributed by atoms with E-state index in [0.29, 0.717) is 32.0 Å².